The van der Waals surface area contributed by atoms with Gasteiger partial charge in [-0.1, -0.05) is 24.3 Å². The molecule has 5 heteroatoms. The molecule has 0 fully saturated rings. The molecule has 2 N–H and O–H groups in total. The molecule has 0 saturated carbocycles. The Morgan fingerprint density at radius 2 is 1.86 bits per heavy atom. The fourth-order valence-electron chi connectivity index (χ4n) is 2.21. The van der Waals surface area contributed by atoms with Crippen LogP contribution in [0.3, 0.4) is 0 Å². The zero-order valence-corrected chi connectivity index (χ0v) is 12.5. The molecule has 2 atom stereocenters. The van der Waals surface area contributed by atoms with Crippen LogP contribution in [0.1, 0.15) is 30.2 Å². The molecule has 0 radical (unpaired) electrons. The highest BCUT2D eigenvalue weighted by Crippen LogP contribution is 2.23. The van der Waals surface area contributed by atoms with E-state index in [4.69, 9.17) is 4.74 Å². The number of aliphatic hydroxyl groups is 1. The quantitative estimate of drug-likeness (QED) is 0.860. The summed E-state index contributed by atoms with van der Waals surface area (Å²) in [6.07, 6.45) is -0.953. The molecule has 0 aliphatic rings. The lowest BCUT2D eigenvalue weighted by molar-refractivity contribution is 0.166. The first kappa shape index (κ1) is 16.4. The average Bonchev–Trinajstić information content (AvgIpc) is 2.53. The van der Waals surface area contributed by atoms with Crippen LogP contribution in [0.25, 0.3) is 0 Å². The lowest BCUT2D eigenvalue weighted by Gasteiger charge is -2.18. The van der Waals surface area contributed by atoms with Crippen LogP contribution in [0, 0.1) is 11.6 Å². The molecule has 3 nitrogen and oxygen atoms in total. The molecule has 118 valence electrons. The minimum absolute atomic E-state index is 0.143. The number of ether oxygens (including phenoxy) is 1. The lowest BCUT2D eigenvalue weighted by Crippen LogP contribution is -2.25. The minimum Gasteiger partial charge on any atom is -0.494 e. The zero-order chi connectivity index (χ0) is 16.1. The van der Waals surface area contributed by atoms with E-state index < -0.39 is 17.7 Å². The van der Waals surface area contributed by atoms with Crippen molar-refractivity contribution < 1.29 is 18.6 Å². The number of hydrogen-bond donors (Lipinski definition) is 2. The van der Waals surface area contributed by atoms with Crippen LogP contribution in [0.5, 0.6) is 5.75 Å². The number of aliphatic hydroxyl groups excluding tert-OH is 1. The highest BCUT2D eigenvalue weighted by molar-refractivity contribution is 5.32. The number of rotatable bonds is 6. The van der Waals surface area contributed by atoms with Crippen molar-refractivity contribution in [1.82, 2.24) is 5.32 Å². The van der Waals surface area contributed by atoms with Gasteiger partial charge < -0.3 is 15.2 Å². The third kappa shape index (κ3) is 3.81. The first-order valence-electron chi connectivity index (χ1n) is 7.02. The number of hydrogen-bond acceptors (Lipinski definition) is 3. The average molecular weight is 307 g/mol. The summed E-state index contributed by atoms with van der Waals surface area (Å²) >= 11 is 0. The fourth-order valence-corrected chi connectivity index (χ4v) is 2.21. The lowest BCUT2D eigenvalue weighted by atomic mass is 10.1. The number of benzene rings is 2. The van der Waals surface area contributed by atoms with Gasteiger partial charge in [-0.25, -0.2) is 8.78 Å². The summed E-state index contributed by atoms with van der Waals surface area (Å²) in [5, 5.41) is 13.2. The van der Waals surface area contributed by atoms with Crippen LogP contribution >= 0.6 is 0 Å². The van der Waals surface area contributed by atoms with E-state index in [1.54, 1.807) is 30.3 Å². The molecule has 0 heterocycles. The van der Waals surface area contributed by atoms with Gasteiger partial charge >= 0.3 is 0 Å². The summed E-state index contributed by atoms with van der Waals surface area (Å²) < 4.78 is 31.9. The van der Waals surface area contributed by atoms with Crippen molar-refractivity contribution in [3.8, 4) is 5.75 Å². The third-order valence-corrected chi connectivity index (χ3v) is 3.56. The summed E-state index contributed by atoms with van der Waals surface area (Å²) in [5.41, 5.74) is 1.07. The second-order valence-corrected chi connectivity index (χ2v) is 5.06. The van der Waals surface area contributed by atoms with Crippen LogP contribution in [-0.2, 0) is 0 Å². The summed E-state index contributed by atoms with van der Waals surface area (Å²) in [4.78, 5) is 0. The van der Waals surface area contributed by atoms with Gasteiger partial charge in [-0.15, -0.1) is 0 Å². The molecular weight excluding hydrogens is 288 g/mol. The van der Waals surface area contributed by atoms with E-state index in [9.17, 15) is 13.9 Å². The third-order valence-electron chi connectivity index (χ3n) is 3.56. The maximum atomic E-state index is 13.6. The van der Waals surface area contributed by atoms with Crippen molar-refractivity contribution in [2.24, 2.45) is 0 Å². The number of nitrogens with one attached hydrogen (secondary N) is 1. The molecule has 0 spiro atoms. The van der Waals surface area contributed by atoms with Crippen molar-refractivity contribution >= 4 is 0 Å². The first-order valence-corrected chi connectivity index (χ1v) is 7.02. The van der Waals surface area contributed by atoms with Crippen molar-refractivity contribution in [1.29, 1.82) is 0 Å². The van der Waals surface area contributed by atoms with E-state index in [0.29, 0.717) is 0 Å². The number of methoxy groups -OCH3 is 1. The van der Waals surface area contributed by atoms with Crippen molar-refractivity contribution in [3.63, 3.8) is 0 Å². The smallest absolute Gasteiger partial charge is 0.165 e. The highest BCUT2D eigenvalue weighted by atomic mass is 19.1. The standard InChI is InChI=1S/C17H19F2NO2/c1-11(12-7-8-15(19)17(9-12)22-2)20-10-16(21)13-5-3-4-6-14(13)18/h3-9,11,16,20-21H,10H2,1-2H3. The Kier molecular flexibility index (Phi) is 5.46. The second kappa shape index (κ2) is 7.33. The van der Waals surface area contributed by atoms with E-state index in [1.807, 2.05) is 6.92 Å². The number of halogens is 2. The van der Waals surface area contributed by atoms with Gasteiger partial charge in [0.05, 0.1) is 13.2 Å². The Balaban J connectivity index is 2.01. The molecule has 2 unspecified atom stereocenters. The van der Waals surface area contributed by atoms with Crippen LogP contribution < -0.4 is 10.1 Å². The van der Waals surface area contributed by atoms with E-state index in [1.165, 1.54) is 19.2 Å². The van der Waals surface area contributed by atoms with E-state index >= 15 is 0 Å². The van der Waals surface area contributed by atoms with Crippen LogP contribution in [0.4, 0.5) is 8.78 Å². The van der Waals surface area contributed by atoms with E-state index in [0.717, 1.165) is 5.56 Å². The van der Waals surface area contributed by atoms with Gasteiger partial charge in [-0.2, -0.15) is 0 Å². The molecule has 2 aromatic carbocycles. The first-order chi connectivity index (χ1) is 10.5. The molecule has 0 saturated heterocycles. The fraction of sp³-hybridized carbons (Fsp3) is 0.294. The molecule has 0 aliphatic carbocycles. The summed E-state index contributed by atoms with van der Waals surface area (Å²) in [5.74, 6) is -0.696. The molecular formula is C17H19F2NO2. The van der Waals surface area contributed by atoms with Gasteiger partial charge in [0.2, 0.25) is 0 Å². The van der Waals surface area contributed by atoms with Crippen LogP contribution in [0.2, 0.25) is 0 Å². The Labute approximate surface area is 128 Å². The van der Waals surface area contributed by atoms with E-state index in [2.05, 4.69) is 5.32 Å². The predicted octanol–water partition coefficient (Wildman–Crippen LogP) is 3.36. The molecule has 0 aromatic heterocycles. The van der Waals surface area contributed by atoms with Gasteiger partial charge in [0.15, 0.2) is 11.6 Å². The normalized spacial score (nSPS) is 13.7. The monoisotopic (exact) mass is 307 g/mol. The predicted molar refractivity (Wildman–Crippen MR) is 80.7 cm³/mol. The molecule has 22 heavy (non-hydrogen) atoms. The largest absolute Gasteiger partial charge is 0.494 e. The van der Waals surface area contributed by atoms with Crippen LogP contribution in [-0.4, -0.2) is 18.8 Å². The second-order valence-electron chi connectivity index (χ2n) is 5.06. The Hall–Kier alpha value is -1.98. The summed E-state index contributed by atoms with van der Waals surface area (Å²) in [7, 11) is 1.40. The summed E-state index contributed by atoms with van der Waals surface area (Å²) in [6.45, 7) is 2.06. The minimum atomic E-state index is -0.953. The molecule has 0 aliphatic heterocycles. The molecule has 0 bridgehead atoms. The summed E-state index contributed by atoms with van der Waals surface area (Å²) in [6, 6.07) is 10.5. The molecule has 0 amide bonds. The van der Waals surface area contributed by atoms with Crippen LogP contribution in [0.15, 0.2) is 42.5 Å². The maximum Gasteiger partial charge on any atom is 0.165 e. The Morgan fingerprint density at radius 1 is 1.14 bits per heavy atom. The van der Waals surface area contributed by atoms with Crippen molar-refractivity contribution in [2.45, 2.75) is 19.1 Å². The SMILES string of the molecule is COc1cc(C(C)NCC(O)c2ccccc2F)ccc1F. The van der Waals surface area contributed by atoms with Gasteiger partial charge in [0.1, 0.15) is 5.82 Å². The topological polar surface area (TPSA) is 41.5 Å². The van der Waals surface area contributed by atoms with Gasteiger partial charge in [0, 0.05) is 18.2 Å². The van der Waals surface area contributed by atoms with E-state index in [-0.39, 0.29) is 23.9 Å². The maximum absolute atomic E-state index is 13.6. The molecule has 2 rings (SSSR count). The van der Waals surface area contributed by atoms with Gasteiger partial charge in [-0.05, 0) is 30.7 Å². The van der Waals surface area contributed by atoms with Gasteiger partial charge in [-0.3, -0.25) is 0 Å². The zero-order valence-electron chi connectivity index (χ0n) is 12.5. The van der Waals surface area contributed by atoms with Crippen molar-refractivity contribution in [3.05, 3.63) is 65.2 Å². The Bertz CT molecular complexity index is 634. The van der Waals surface area contributed by atoms with Crippen molar-refractivity contribution in [2.75, 3.05) is 13.7 Å². The molecule has 2 aromatic rings. The Morgan fingerprint density at radius 3 is 2.55 bits per heavy atom. The highest BCUT2D eigenvalue weighted by Gasteiger charge is 2.15. The van der Waals surface area contributed by atoms with Gasteiger partial charge in [0.25, 0.3) is 0 Å².